The van der Waals surface area contributed by atoms with Crippen LogP contribution < -0.4 is 0 Å². The molecule has 102 valence electrons. The van der Waals surface area contributed by atoms with Gasteiger partial charge >= 0.3 is 5.97 Å². The van der Waals surface area contributed by atoms with Crippen molar-refractivity contribution < 1.29 is 14.0 Å². The van der Waals surface area contributed by atoms with Crippen LogP contribution in [0.25, 0.3) is 0 Å². The molecule has 0 aliphatic carbocycles. The number of benzene rings is 1. The van der Waals surface area contributed by atoms with Crippen LogP contribution in [0.5, 0.6) is 0 Å². The number of esters is 1. The van der Waals surface area contributed by atoms with Gasteiger partial charge in [-0.25, -0.2) is 0 Å². The molecule has 2 heterocycles. The lowest BCUT2D eigenvalue weighted by molar-refractivity contribution is -0.922. The Balaban J connectivity index is 1.74. The van der Waals surface area contributed by atoms with Crippen LogP contribution in [-0.2, 0) is 16.1 Å². The zero-order valence-electron chi connectivity index (χ0n) is 11.6. The van der Waals surface area contributed by atoms with E-state index in [4.69, 9.17) is 4.74 Å². The second-order valence-corrected chi connectivity index (χ2v) is 6.09. The fraction of sp³-hybridized carbons (Fsp3) is 0.562. The van der Waals surface area contributed by atoms with Crippen LogP contribution in [0.1, 0.15) is 25.3 Å². The van der Waals surface area contributed by atoms with Gasteiger partial charge in [-0.2, -0.15) is 0 Å². The predicted molar refractivity (Wildman–Crippen MR) is 73.3 cm³/mol. The summed E-state index contributed by atoms with van der Waals surface area (Å²) in [6.45, 7) is 6.66. The highest BCUT2D eigenvalue weighted by Crippen LogP contribution is 2.47. The molecule has 19 heavy (non-hydrogen) atoms. The van der Waals surface area contributed by atoms with Gasteiger partial charge in [0, 0.05) is 18.4 Å². The minimum Gasteiger partial charge on any atom is -0.465 e. The molecule has 2 aliphatic heterocycles. The second-order valence-electron chi connectivity index (χ2n) is 6.09. The number of quaternary nitrogens is 1. The van der Waals surface area contributed by atoms with Crippen molar-refractivity contribution in [2.75, 3.05) is 26.2 Å². The number of rotatable bonds is 4. The van der Waals surface area contributed by atoms with Gasteiger partial charge < -0.3 is 9.22 Å². The van der Waals surface area contributed by atoms with Crippen molar-refractivity contribution in [2.24, 2.45) is 5.41 Å². The third-order valence-electron chi connectivity index (χ3n) is 4.84. The van der Waals surface area contributed by atoms with Crippen molar-refractivity contribution in [1.29, 1.82) is 0 Å². The Labute approximate surface area is 114 Å². The summed E-state index contributed by atoms with van der Waals surface area (Å²) in [4.78, 5) is 12.2. The molecule has 0 unspecified atom stereocenters. The van der Waals surface area contributed by atoms with Crippen molar-refractivity contribution >= 4 is 5.97 Å². The van der Waals surface area contributed by atoms with Gasteiger partial charge in [0.2, 0.25) is 0 Å². The molecule has 1 aromatic carbocycles. The molecular weight excluding hydrogens is 238 g/mol. The lowest BCUT2D eigenvalue weighted by Crippen LogP contribution is -2.42. The van der Waals surface area contributed by atoms with Crippen molar-refractivity contribution in [3.63, 3.8) is 0 Å². The van der Waals surface area contributed by atoms with E-state index in [-0.39, 0.29) is 11.4 Å². The summed E-state index contributed by atoms with van der Waals surface area (Å²) in [5.41, 5.74) is 1.20. The second kappa shape index (κ2) is 4.64. The number of hydrogen-bond donors (Lipinski definition) is 0. The summed E-state index contributed by atoms with van der Waals surface area (Å²) in [6, 6.07) is 10.6. The van der Waals surface area contributed by atoms with E-state index in [1.807, 2.05) is 6.92 Å². The maximum Gasteiger partial charge on any atom is 0.318 e. The zero-order valence-corrected chi connectivity index (χ0v) is 11.6. The highest BCUT2D eigenvalue weighted by Gasteiger charge is 2.60. The monoisotopic (exact) mass is 260 g/mol. The smallest absolute Gasteiger partial charge is 0.318 e. The summed E-state index contributed by atoms with van der Waals surface area (Å²) in [5.74, 6) is 0.0422. The quantitative estimate of drug-likeness (QED) is 0.613. The van der Waals surface area contributed by atoms with Crippen LogP contribution >= 0.6 is 0 Å². The van der Waals surface area contributed by atoms with E-state index in [1.165, 1.54) is 5.56 Å². The van der Waals surface area contributed by atoms with E-state index < -0.39 is 0 Å². The maximum absolute atomic E-state index is 12.2. The Morgan fingerprint density at radius 1 is 1.26 bits per heavy atom. The lowest BCUT2D eigenvalue weighted by atomic mass is 9.85. The van der Waals surface area contributed by atoms with Crippen LogP contribution in [0.4, 0.5) is 0 Å². The third-order valence-corrected chi connectivity index (χ3v) is 4.84. The van der Waals surface area contributed by atoms with Gasteiger partial charge in [0.05, 0.1) is 26.2 Å². The Morgan fingerprint density at radius 3 is 2.58 bits per heavy atom. The molecular formula is C16H22NO2+. The van der Waals surface area contributed by atoms with Gasteiger partial charge in [-0.1, -0.05) is 30.3 Å². The predicted octanol–water partition coefficient (Wildman–Crippen LogP) is 2.36. The standard InChI is InChI=1S/C16H22NO2/c1-2-19-15(18)16-8-10-17(13-16,11-9-16)12-14-6-4-3-5-7-14/h3-7H,2,8-13H2,1H3/q+1. The molecule has 3 rings (SSSR count). The Bertz CT molecular complexity index is 461. The van der Waals surface area contributed by atoms with E-state index in [1.54, 1.807) is 0 Å². The molecule has 0 saturated carbocycles. The number of ether oxygens (including phenoxy) is 1. The van der Waals surface area contributed by atoms with Crippen molar-refractivity contribution in [1.82, 2.24) is 0 Å². The van der Waals surface area contributed by atoms with E-state index in [0.29, 0.717) is 6.61 Å². The average Bonchev–Trinajstić information content (AvgIpc) is 2.97. The minimum absolute atomic E-state index is 0.0422. The van der Waals surface area contributed by atoms with Crippen molar-refractivity contribution in [3.8, 4) is 0 Å². The van der Waals surface area contributed by atoms with Crippen LogP contribution in [0.2, 0.25) is 0 Å². The van der Waals surface area contributed by atoms with Crippen LogP contribution in [-0.4, -0.2) is 36.7 Å². The summed E-state index contributed by atoms with van der Waals surface area (Å²) in [5, 5.41) is 0. The molecule has 2 bridgehead atoms. The lowest BCUT2D eigenvalue weighted by Gasteiger charge is -2.31. The first-order valence-corrected chi connectivity index (χ1v) is 7.24. The Morgan fingerprint density at radius 2 is 1.95 bits per heavy atom. The molecule has 0 spiro atoms. The number of carbonyl (C=O) groups excluding carboxylic acids is 1. The molecule has 2 saturated heterocycles. The van der Waals surface area contributed by atoms with E-state index >= 15 is 0 Å². The van der Waals surface area contributed by atoms with Gasteiger partial charge in [-0.15, -0.1) is 0 Å². The average molecular weight is 260 g/mol. The SMILES string of the molecule is CCOC(=O)C12CC[N+](Cc3ccccc3)(CC1)C2. The largest absolute Gasteiger partial charge is 0.465 e. The minimum atomic E-state index is -0.176. The molecule has 0 aromatic heterocycles. The molecule has 0 radical (unpaired) electrons. The number of nitrogens with zero attached hydrogens (tertiary/aromatic N) is 1. The van der Waals surface area contributed by atoms with Gasteiger partial charge in [0.1, 0.15) is 12.0 Å². The fourth-order valence-electron chi connectivity index (χ4n) is 3.84. The van der Waals surface area contributed by atoms with Crippen LogP contribution in [0.15, 0.2) is 30.3 Å². The van der Waals surface area contributed by atoms with Gasteiger partial charge in [-0.3, -0.25) is 4.79 Å². The molecule has 2 aliphatic rings. The first kappa shape index (κ1) is 12.7. The topological polar surface area (TPSA) is 26.3 Å². The summed E-state index contributed by atoms with van der Waals surface area (Å²) >= 11 is 0. The van der Waals surface area contributed by atoms with E-state index in [0.717, 1.165) is 43.5 Å². The third kappa shape index (κ3) is 2.16. The highest BCUT2D eigenvalue weighted by atomic mass is 16.5. The highest BCUT2D eigenvalue weighted by molar-refractivity contribution is 5.77. The van der Waals surface area contributed by atoms with Crippen LogP contribution in [0, 0.1) is 5.41 Å². The van der Waals surface area contributed by atoms with Crippen molar-refractivity contribution in [2.45, 2.75) is 26.3 Å². The Hall–Kier alpha value is -1.35. The summed E-state index contributed by atoms with van der Waals surface area (Å²) < 4.78 is 6.37. The van der Waals surface area contributed by atoms with Crippen molar-refractivity contribution in [3.05, 3.63) is 35.9 Å². The number of piperidine rings is 1. The normalized spacial score (nSPS) is 32.5. The maximum atomic E-state index is 12.2. The first-order valence-electron chi connectivity index (χ1n) is 7.24. The van der Waals surface area contributed by atoms with Gasteiger partial charge in [0.25, 0.3) is 0 Å². The van der Waals surface area contributed by atoms with E-state index in [2.05, 4.69) is 30.3 Å². The molecule has 3 heteroatoms. The Kier molecular flexibility index (Phi) is 3.09. The molecule has 0 N–H and O–H groups in total. The number of carbonyl (C=O) groups is 1. The fourth-order valence-corrected chi connectivity index (χ4v) is 3.84. The molecule has 0 atom stereocenters. The first-order chi connectivity index (χ1) is 9.18. The zero-order chi connectivity index (χ0) is 13.3. The van der Waals surface area contributed by atoms with Gasteiger partial charge in [-0.05, 0) is 6.92 Å². The molecule has 3 nitrogen and oxygen atoms in total. The molecule has 2 fully saturated rings. The molecule has 0 amide bonds. The van der Waals surface area contributed by atoms with Gasteiger partial charge in [0.15, 0.2) is 0 Å². The van der Waals surface area contributed by atoms with E-state index in [9.17, 15) is 4.79 Å². The summed E-state index contributed by atoms with van der Waals surface area (Å²) in [7, 11) is 0. The number of fused-ring (bicyclic) bond motifs is 2. The summed E-state index contributed by atoms with van der Waals surface area (Å²) in [6.07, 6.45) is 2.00. The van der Waals surface area contributed by atoms with Crippen LogP contribution in [0.3, 0.4) is 0 Å². The number of hydrogen-bond acceptors (Lipinski definition) is 2. The molecule has 1 aromatic rings.